The number of para-hydroxylation sites is 2. The molecular weight excluding hydrogens is 270 g/mol. The molecule has 1 aromatic carbocycles. The fourth-order valence-corrected chi connectivity index (χ4v) is 2.73. The van der Waals surface area contributed by atoms with Gasteiger partial charge >= 0.3 is 0 Å². The third kappa shape index (κ3) is 4.73. The molecule has 0 saturated heterocycles. The Hall–Kier alpha value is -2.11. The zero-order valence-electron chi connectivity index (χ0n) is 12.0. The Bertz CT molecular complexity index is 499. The summed E-state index contributed by atoms with van der Waals surface area (Å²) >= 11 is 0. The van der Waals surface area contributed by atoms with Crippen molar-refractivity contribution in [2.45, 2.75) is 32.1 Å². The lowest BCUT2D eigenvalue weighted by atomic mass is 10.0. The highest BCUT2D eigenvalue weighted by Crippen LogP contribution is 2.27. The number of rotatable bonds is 7. The van der Waals surface area contributed by atoms with Gasteiger partial charge in [0.05, 0.1) is 4.92 Å². The van der Waals surface area contributed by atoms with E-state index in [9.17, 15) is 14.9 Å². The Kier molecular flexibility index (Phi) is 5.54. The number of nitrogens with zero attached hydrogens (tertiary/aromatic N) is 1. The minimum absolute atomic E-state index is 0.0507. The molecule has 2 rings (SSSR count). The molecule has 0 radical (unpaired) electrons. The predicted molar refractivity (Wildman–Crippen MR) is 81.2 cm³/mol. The van der Waals surface area contributed by atoms with Gasteiger partial charge in [-0.1, -0.05) is 25.0 Å². The second-order valence-electron chi connectivity index (χ2n) is 5.41. The highest BCUT2D eigenvalue weighted by molar-refractivity contribution is 5.76. The van der Waals surface area contributed by atoms with E-state index in [1.165, 1.54) is 18.9 Å². The monoisotopic (exact) mass is 291 g/mol. The maximum atomic E-state index is 11.7. The van der Waals surface area contributed by atoms with Gasteiger partial charge in [0.15, 0.2) is 0 Å². The molecule has 2 N–H and O–H groups in total. The molecule has 0 unspecified atom stereocenters. The number of hydrogen-bond donors (Lipinski definition) is 2. The van der Waals surface area contributed by atoms with Crippen LogP contribution in [0.15, 0.2) is 24.3 Å². The Morgan fingerprint density at radius 2 is 1.95 bits per heavy atom. The average molecular weight is 291 g/mol. The second-order valence-corrected chi connectivity index (χ2v) is 5.41. The fourth-order valence-electron chi connectivity index (χ4n) is 2.73. The second kappa shape index (κ2) is 7.61. The topological polar surface area (TPSA) is 84.3 Å². The summed E-state index contributed by atoms with van der Waals surface area (Å²) in [6, 6.07) is 6.50. The van der Waals surface area contributed by atoms with Crippen molar-refractivity contribution in [1.29, 1.82) is 0 Å². The minimum Gasteiger partial charge on any atom is -0.378 e. The lowest BCUT2D eigenvalue weighted by Crippen LogP contribution is -2.29. The van der Waals surface area contributed by atoms with Crippen LogP contribution >= 0.6 is 0 Å². The number of benzene rings is 1. The van der Waals surface area contributed by atoms with E-state index in [2.05, 4.69) is 10.6 Å². The standard InChI is InChI=1S/C15H21N3O3/c19-15(11-12-5-1-2-6-12)17-10-9-16-13-7-3-4-8-14(13)18(20)21/h3-4,7-8,12,16H,1-2,5-6,9-11H2,(H,17,19). The number of amides is 1. The van der Waals surface area contributed by atoms with E-state index in [1.54, 1.807) is 18.2 Å². The van der Waals surface area contributed by atoms with Crippen LogP contribution in [-0.4, -0.2) is 23.9 Å². The zero-order valence-corrected chi connectivity index (χ0v) is 12.0. The van der Waals surface area contributed by atoms with E-state index in [0.717, 1.165) is 12.8 Å². The average Bonchev–Trinajstić information content (AvgIpc) is 2.96. The van der Waals surface area contributed by atoms with Crippen molar-refractivity contribution in [3.63, 3.8) is 0 Å². The van der Waals surface area contributed by atoms with Gasteiger partial charge in [-0.15, -0.1) is 0 Å². The highest BCUT2D eigenvalue weighted by atomic mass is 16.6. The number of carbonyl (C=O) groups excluding carboxylic acids is 1. The largest absolute Gasteiger partial charge is 0.378 e. The maximum Gasteiger partial charge on any atom is 0.292 e. The summed E-state index contributed by atoms with van der Waals surface area (Å²) in [7, 11) is 0. The molecule has 1 aliphatic carbocycles. The molecule has 0 bridgehead atoms. The number of nitrogens with one attached hydrogen (secondary N) is 2. The Labute approximate surface area is 124 Å². The molecule has 114 valence electrons. The van der Waals surface area contributed by atoms with Crippen LogP contribution in [0.1, 0.15) is 32.1 Å². The van der Waals surface area contributed by atoms with Crippen molar-refractivity contribution in [2.24, 2.45) is 5.92 Å². The highest BCUT2D eigenvalue weighted by Gasteiger charge is 2.18. The van der Waals surface area contributed by atoms with E-state index in [-0.39, 0.29) is 11.6 Å². The molecule has 6 heteroatoms. The smallest absolute Gasteiger partial charge is 0.292 e. The maximum absolute atomic E-state index is 11.7. The molecule has 1 aromatic rings. The molecule has 0 atom stereocenters. The van der Waals surface area contributed by atoms with Gasteiger partial charge in [0.2, 0.25) is 5.91 Å². The van der Waals surface area contributed by atoms with Gasteiger partial charge in [-0.2, -0.15) is 0 Å². The van der Waals surface area contributed by atoms with Gasteiger partial charge in [0.1, 0.15) is 5.69 Å². The molecule has 0 heterocycles. The summed E-state index contributed by atoms with van der Waals surface area (Å²) in [5, 5.41) is 16.7. The normalized spacial score (nSPS) is 14.9. The molecular formula is C15H21N3O3. The fraction of sp³-hybridized carbons (Fsp3) is 0.533. The van der Waals surface area contributed by atoms with E-state index in [0.29, 0.717) is 31.1 Å². The van der Waals surface area contributed by atoms with E-state index < -0.39 is 4.92 Å². The van der Waals surface area contributed by atoms with E-state index >= 15 is 0 Å². The van der Waals surface area contributed by atoms with Gasteiger partial charge in [-0.25, -0.2) is 0 Å². The number of nitro benzene ring substituents is 1. The van der Waals surface area contributed by atoms with Crippen molar-refractivity contribution in [2.75, 3.05) is 18.4 Å². The van der Waals surface area contributed by atoms with Gasteiger partial charge in [-0.05, 0) is 24.8 Å². The quantitative estimate of drug-likeness (QED) is 0.459. The van der Waals surface area contributed by atoms with Crippen molar-refractivity contribution < 1.29 is 9.72 Å². The molecule has 0 aliphatic heterocycles. The van der Waals surface area contributed by atoms with Gasteiger partial charge in [-0.3, -0.25) is 14.9 Å². The third-order valence-corrected chi connectivity index (χ3v) is 3.81. The van der Waals surface area contributed by atoms with Crippen LogP contribution in [0.3, 0.4) is 0 Å². The van der Waals surface area contributed by atoms with Crippen LogP contribution in [0.4, 0.5) is 11.4 Å². The molecule has 6 nitrogen and oxygen atoms in total. The van der Waals surface area contributed by atoms with Crippen LogP contribution in [0, 0.1) is 16.0 Å². The lowest BCUT2D eigenvalue weighted by molar-refractivity contribution is -0.384. The van der Waals surface area contributed by atoms with Gasteiger partial charge in [0.25, 0.3) is 5.69 Å². The van der Waals surface area contributed by atoms with Crippen LogP contribution < -0.4 is 10.6 Å². The van der Waals surface area contributed by atoms with Gasteiger partial charge in [0, 0.05) is 25.6 Å². The summed E-state index contributed by atoms with van der Waals surface area (Å²) in [4.78, 5) is 22.2. The number of carbonyl (C=O) groups is 1. The van der Waals surface area contributed by atoms with Crippen molar-refractivity contribution in [3.8, 4) is 0 Å². The summed E-state index contributed by atoms with van der Waals surface area (Å²) in [6.07, 6.45) is 5.38. The van der Waals surface area contributed by atoms with Crippen molar-refractivity contribution in [1.82, 2.24) is 5.32 Å². The zero-order chi connectivity index (χ0) is 15.1. The van der Waals surface area contributed by atoms with Crippen LogP contribution in [-0.2, 0) is 4.79 Å². The molecule has 0 spiro atoms. The summed E-state index contributed by atoms with van der Waals surface area (Å²) in [5.74, 6) is 0.611. The Balaban J connectivity index is 1.69. The lowest BCUT2D eigenvalue weighted by Gasteiger charge is -2.10. The Morgan fingerprint density at radius 3 is 2.67 bits per heavy atom. The number of nitro groups is 1. The molecule has 21 heavy (non-hydrogen) atoms. The third-order valence-electron chi connectivity index (χ3n) is 3.81. The molecule has 1 fully saturated rings. The summed E-state index contributed by atoms with van der Waals surface area (Å²) in [6.45, 7) is 0.943. The summed E-state index contributed by atoms with van der Waals surface area (Å²) < 4.78 is 0. The first-order chi connectivity index (χ1) is 10.2. The van der Waals surface area contributed by atoms with Crippen LogP contribution in [0.2, 0.25) is 0 Å². The number of anilines is 1. The first-order valence-electron chi connectivity index (χ1n) is 7.41. The molecule has 0 aromatic heterocycles. The molecule has 1 saturated carbocycles. The molecule has 1 amide bonds. The Morgan fingerprint density at radius 1 is 1.24 bits per heavy atom. The minimum atomic E-state index is -0.416. The van der Waals surface area contributed by atoms with E-state index in [1.807, 2.05) is 0 Å². The summed E-state index contributed by atoms with van der Waals surface area (Å²) in [5.41, 5.74) is 0.530. The van der Waals surface area contributed by atoms with Crippen molar-refractivity contribution >= 4 is 17.3 Å². The van der Waals surface area contributed by atoms with Crippen LogP contribution in [0.5, 0.6) is 0 Å². The first-order valence-corrected chi connectivity index (χ1v) is 7.41. The van der Waals surface area contributed by atoms with Gasteiger partial charge < -0.3 is 10.6 Å². The SMILES string of the molecule is O=C(CC1CCCC1)NCCNc1ccccc1[N+](=O)[O-]. The predicted octanol–water partition coefficient (Wildman–Crippen LogP) is 2.70. The number of hydrogen-bond acceptors (Lipinski definition) is 4. The molecule has 1 aliphatic rings. The first kappa shape index (κ1) is 15.3. The van der Waals surface area contributed by atoms with E-state index in [4.69, 9.17) is 0 Å². The van der Waals surface area contributed by atoms with Crippen LogP contribution in [0.25, 0.3) is 0 Å². The van der Waals surface area contributed by atoms with Crippen molar-refractivity contribution in [3.05, 3.63) is 34.4 Å².